The zero-order chi connectivity index (χ0) is 22.1. The fourth-order valence-corrected chi connectivity index (χ4v) is 5.51. The lowest BCUT2D eigenvalue weighted by Crippen LogP contribution is -2.35. The van der Waals surface area contributed by atoms with Gasteiger partial charge < -0.3 is 4.90 Å². The third kappa shape index (κ3) is 3.74. The first-order valence-corrected chi connectivity index (χ1v) is 12.0. The summed E-state index contributed by atoms with van der Waals surface area (Å²) in [6, 6.07) is 27.2. The summed E-state index contributed by atoms with van der Waals surface area (Å²) in [4.78, 5) is 15.1. The number of carbonyl (C=O) groups excluding carboxylic acids is 1. The van der Waals surface area contributed by atoms with Crippen molar-refractivity contribution >= 4 is 38.1 Å². The monoisotopic (exact) mass is 442 g/mol. The van der Waals surface area contributed by atoms with Crippen LogP contribution in [0, 0.1) is 0 Å². The lowest BCUT2D eigenvalue weighted by molar-refractivity contribution is 0.0985. The predicted octanol–water partition coefficient (Wildman–Crippen LogP) is 5.23. The Kier molecular flexibility index (Phi) is 5.15. The third-order valence-electron chi connectivity index (χ3n) is 5.76. The Hall–Kier alpha value is -3.64. The molecule has 4 aromatic carbocycles. The molecule has 1 aliphatic heterocycles. The first-order valence-electron chi connectivity index (χ1n) is 10.5. The number of sulfonamides is 1. The molecule has 5 rings (SSSR count). The summed E-state index contributed by atoms with van der Waals surface area (Å²) in [5.74, 6) is -0.0828. The number of nitrogens with zero attached hydrogens (tertiary/aromatic N) is 1. The fraction of sp³-hybridized carbons (Fsp3) is 0.115. The van der Waals surface area contributed by atoms with Crippen LogP contribution in [0.1, 0.15) is 22.3 Å². The summed E-state index contributed by atoms with van der Waals surface area (Å²) in [6.45, 7) is 0.597. The predicted molar refractivity (Wildman–Crippen MR) is 128 cm³/mol. The Balaban J connectivity index is 1.50. The number of rotatable bonds is 4. The molecule has 0 saturated heterocycles. The summed E-state index contributed by atoms with van der Waals surface area (Å²) >= 11 is 0. The summed E-state index contributed by atoms with van der Waals surface area (Å²) in [5, 5.41) is 1.53. The van der Waals surface area contributed by atoms with Gasteiger partial charge in [0.25, 0.3) is 15.9 Å². The molecule has 5 nitrogen and oxygen atoms in total. The zero-order valence-electron chi connectivity index (χ0n) is 17.4. The highest BCUT2D eigenvalue weighted by atomic mass is 32.2. The number of fused-ring (bicyclic) bond motifs is 2. The number of amides is 1. The van der Waals surface area contributed by atoms with Gasteiger partial charge in [0.1, 0.15) is 0 Å². The van der Waals surface area contributed by atoms with Gasteiger partial charge in [0.05, 0.1) is 10.6 Å². The molecule has 0 aliphatic carbocycles. The quantitative estimate of drug-likeness (QED) is 0.470. The second-order valence-electron chi connectivity index (χ2n) is 7.85. The topological polar surface area (TPSA) is 66.5 Å². The van der Waals surface area contributed by atoms with Crippen LogP contribution in [0.25, 0.3) is 10.8 Å². The second kappa shape index (κ2) is 8.13. The number of aryl methyl sites for hydroxylation is 1. The lowest BCUT2D eigenvalue weighted by Gasteiger charge is -2.30. The molecule has 1 aliphatic rings. The Labute approximate surface area is 187 Å². The van der Waals surface area contributed by atoms with Gasteiger partial charge in [0, 0.05) is 23.2 Å². The Bertz CT molecular complexity index is 1410. The van der Waals surface area contributed by atoms with Gasteiger partial charge in [-0.2, -0.15) is 0 Å². The van der Waals surface area contributed by atoms with Crippen LogP contribution in [0.4, 0.5) is 11.4 Å². The van der Waals surface area contributed by atoms with Gasteiger partial charge in [-0.05, 0) is 54.1 Å². The standard InChI is InChI=1S/C26H22N2O3S/c29-26(21-9-2-1-3-10-21)28-17-7-12-20-15-16-22(18-24(20)28)27-32(30,31)25-14-6-11-19-8-4-5-13-23(19)25/h1-6,8-11,13-16,18,27H,7,12,17H2. The van der Waals surface area contributed by atoms with Gasteiger partial charge in [-0.1, -0.05) is 60.7 Å². The van der Waals surface area contributed by atoms with Crippen LogP contribution in [0.3, 0.4) is 0 Å². The first-order chi connectivity index (χ1) is 15.5. The molecule has 0 radical (unpaired) electrons. The molecule has 0 saturated carbocycles. The van der Waals surface area contributed by atoms with Gasteiger partial charge >= 0.3 is 0 Å². The van der Waals surface area contributed by atoms with Crippen molar-refractivity contribution in [2.45, 2.75) is 17.7 Å². The van der Waals surface area contributed by atoms with Crippen molar-refractivity contribution in [3.63, 3.8) is 0 Å². The van der Waals surface area contributed by atoms with Gasteiger partial charge in [-0.25, -0.2) is 8.42 Å². The van der Waals surface area contributed by atoms with E-state index in [-0.39, 0.29) is 10.8 Å². The molecule has 0 spiro atoms. The number of hydrogen-bond acceptors (Lipinski definition) is 3. The molecule has 1 N–H and O–H groups in total. The van der Waals surface area contributed by atoms with E-state index in [0.29, 0.717) is 23.2 Å². The molecule has 0 aromatic heterocycles. The second-order valence-corrected chi connectivity index (χ2v) is 9.50. The Morgan fingerprint density at radius 1 is 0.844 bits per heavy atom. The smallest absolute Gasteiger partial charge is 0.262 e. The van der Waals surface area contributed by atoms with E-state index in [2.05, 4.69) is 4.72 Å². The van der Waals surface area contributed by atoms with E-state index in [1.165, 1.54) is 0 Å². The number of hydrogen-bond donors (Lipinski definition) is 1. The lowest BCUT2D eigenvalue weighted by atomic mass is 10.00. The van der Waals surface area contributed by atoms with Crippen LogP contribution in [-0.2, 0) is 16.4 Å². The van der Waals surface area contributed by atoms with Crippen molar-refractivity contribution in [2.24, 2.45) is 0 Å². The van der Waals surface area contributed by atoms with E-state index in [9.17, 15) is 13.2 Å². The van der Waals surface area contributed by atoms with Crippen molar-refractivity contribution in [3.05, 3.63) is 102 Å². The highest BCUT2D eigenvalue weighted by molar-refractivity contribution is 7.93. The molecular weight excluding hydrogens is 420 g/mol. The number of anilines is 2. The Morgan fingerprint density at radius 3 is 2.44 bits per heavy atom. The minimum absolute atomic E-state index is 0.0828. The van der Waals surface area contributed by atoms with E-state index in [0.717, 1.165) is 29.5 Å². The first kappa shape index (κ1) is 20.3. The number of nitrogens with one attached hydrogen (secondary N) is 1. The Morgan fingerprint density at radius 2 is 1.59 bits per heavy atom. The van der Waals surface area contributed by atoms with Crippen LogP contribution in [-0.4, -0.2) is 20.9 Å². The van der Waals surface area contributed by atoms with E-state index in [4.69, 9.17) is 0 Å². The molecular formula is C26H22N2O3S. The minimum atomic E-state index is -3.81. The molecule has 0 fully saturated rings. The average molecular weight is 443 g/mol. The largest absolute Gasteiger partial charge is 0.308 e. The number of carbonyl (C=O) groups is 1. The molecule has 1 amide bonds. The maximum atomic E-state index is 13.2. The van der Waals surface area contributed by atoms with Crippen LogP contribution < -0.4 is 9.62 Å². The van der Waals surface area contributed by atoms with Crippen molar-refractivity contribution in [1.82, 2.24) is 0 Å². The van der Waals surface area contributed by atoms with E-state index in [1.807, 2.05) is 48.5 Å². The maximum absolute atomic E-state index is 13.2. The maximum Gasteiger partial charge on any atom is 0.262 e. The van der Waals surface area contributed by atoms with Gasteiger partial charge in [-0.15, -0.1) is 0 Å². The summed E-state index contributed by atoms with van der Waals surface area (Å²) in [5.41, 5.74) is 2.84. The molecule has 32 heavy (non-hydrogen) atoms. The van der Waals surface area contributed by atoms with Crippen molar-refractivity contribution in [2.75, 3.05) is 16.2 Å². The van der Waals surface area contributed by atoms with E-state index < -0.39 is 10.0 Å². The zero-order valence-corrected chi connectivity index (χ0v) is 18.2. The van der Waals surface area contributed by atoms with Crippen molar-refractivity contribution in [3.8, 4) is 0 Å². The van der Waals surface area contributed by atoms with Gasteiger partial charge in [0.2, 0.25) is 0 Å². The highest BCUT2D eigenvalue weighted by Crippen LogP contribution is 2.33. The third-order valence-corrected chi connectivity index (χ3v) is 7.20. The number of benzene rings is 4. The molecule has 0 bridgehead atoms. The highest BCUT2D eigenvalue weighted by Gasteiger charge is 2.25. The van der Waals surface area contributed by atoms with Crippen LogP contribution in [0.2, 0.25) is 0 Å². The molecule has 6 heteroatoms. The summed E-state index contributed by atoms with van der Waals surface area (Å²) in [7, 11) is -3.81. The molecule has 1 heterocycles. The van der Waals surface area contributed by atoms with Crippen LogP contribution in [0.5, 0.6) is 0 Å². The van der Waals surface area contributed by atoms with Crippen LogP contribution >= 0.6 is 0 Å². The normalized spacial score (nSPS) is 13.6. The molecule has 0 unspecified atom stereocenters. The average Bonchev–Trinajstić information content (AvgIpc) is 2.83. The summed E-state index contributed by atoms with van der Waals surface area (Å²) in [6.07, 6.45) is 1.72. The van der Waals surface area contributed by atoms with Gasteiger partial charge in [-0.3, -0.25) is 9.52 Å². The molecule has 0 atom stereocenters. The summed E-state index contributed by atoms with van der Waals surface area (Å²) < 4.78 is 29.2. The minimum Gasteiger partial charge on any atom is -0.308 e. The van der Waals surface area contributed by atoms with E-state index in [1.54, 1.807) is 47.4 Å². The SMILES string of the molecule is O=C(c1ccccc1)N1CCCc2ccc(NS(=O)(=O)c3cccc4ccccc34)cc21. The van der Waals surface area contributed by atoms with Crippen LogP contribution in [0.15, 0.2) is 95.9 Å². The molecule has 4 aromatic rings. The van der Waals surface area contributed by atoms with E-state index >= 15 is 0 Å². The van der Waals surface area contributed by atoms with Crippen molar-refractivity contribution < 1.29 is 13.2 Å². The fourth-order valence-electron chi connectivity index (χ4n) is 4.23. The van der Waals surface area contributed by atoms with Gasteiger partial charge in [0.15, 0.2) is 0 Å². The van der Waals surface area contributed by atoms with Crippen molar-refractivity contribution in [1.29, 1.82) is 0 Å². The molecule has 160 valence electrons.